The number of amides is 1. The van der Waals surface area contributed by atoms with Crippen LogP contribution >= 0.6 is 0 Å². The van der Waals surface area contributed by atoms with Gasteiger partial charge in [0.25, 0.3) is 5.91 Å². The first-order valence-electron chi connectivity index (χ1n) is 12.7. The number of carbonyl (C=O) groups excluding carboxylic acids is 1. The molecule has 8 heteroatoms. The van der Waals surface area contributed by atoms with E-state index in [9.17, 15) is 4.79 Å². The second-order valence-corrected chi connectivity index (χ2v) is 8.74. The number of nitrogens with zero attached hydrogens (tertiary/aromatic N) is 3. The van der Waals surface area contributed by atoms with Crippen LogP contribution in [0.5, 0.6) is 17.2 Å². The van der Waals surface area contributed by atoms with Gasteiger partial charge in [-0.3, -0.25) is 4.79 Å². The van der Waals surface area contributed by atoms with Crippen molar-refractivity contribution in [2.45, 2.75) is 6.61 Å². The summed E-state index contributed by atoms with van der Waals surface area (Å²) in [5.41, 5.74) is 6.84. The first-order valence-corrected chi connectivity index (χ1v) is 12.7. The number of carbonyl (C=O) groups is 1. The maximum atomic E-state index is 12.4. The Morgan fingerprint density at radius 3 is 2.25 bits per heavy atom. The van der Waals surface area contributed by atoms with Crippen LogP contribution in [0.3, 0.4) is 0 Å². The Kier molecular flexibility index (Phi) is 8.48. The van der Waals surface area contributed by atoms with Gasteiger partial charge in [0.1, 0.15) is 18.1 Å². The van der Waals surface area contributed by atoms with E-state index in [-0.39, 0.29) is 6.61 Å². The molecule has 0 aliphatic heterocycles. The van der Waals surface area contributed by atoms with E-state index < -0.39 is 5.91 Å². The Balaban J connectivity index is 1.29. The second kappa shape index (κ2) is 12.9. The molecule has 0 spiro atoms. The number of nitrogens with one attached hydrogen (secondary N) is 1. The molecule has 8 nitrogen and oxygen atoms in total. The van der Waals surface area contributed by atoms with Gasteiger partial charge >= 0.3 is 0 Å². The summed E-state index contributed by atoms with van der Waals surface area (Å²) in [6.07, 6.45) is 3.44. The quantitative estimate of drug-likeness (QED) is 0.175. The summed E-state index contributed by atoms with van der Waals surface area (Å²) in [4.78, 5) is 12.4. The molecule has 5 rings (SSSR count). The Labute approximate surface area is 232 Å². The van der Waals surface area contributed by atoms with Crippen molar-refractivity contribution >= 4 is 12.1 Å². The van der Waals surface area contributed by atoms with Crippen molar-refractivity contribution in [2.24, 2.45) is 5.10 Å². The predicted molar refractivity (Wildman–Crippen MR) is 154 cm³/mol. The standard InChI is InChI=1S/C32H28N4O4/c1-38-29-14-8-9-15-30(29)40-23-31(37)34-33-20-26-21-36(27-12-6-3-7-13-27)35-32(26)25-16-18-28(19-17-25)39-22-24-10-4-2-5-11-24/h2-21H,22-23H2,1H3,(H,34,37)/b33-20-. The summed E-state index contributed by atoms with van der Waals surface area (Å²) < 4.78 is 18.5. The normalized spacial score (nSPS) is 10.8. The number of para-hydroxylation sites is 3. The fourth-order valence-corrected chi connectivity index (χ4v) is 3.96. The number of hydrogen-bond acceptors (Lipinski definition) is 6. The van der Waals surface area contributed by atoms with Crippen molar-refractivity contribution in [3.63, 3.8) is 0 Å². The van der Waals surface area contributed by atoms with Gasteiger partial charge in [-0.25, -0.2) is 10.1 Å². The molecule has 0 unspecified atom stereocenters. The predicted octanol–water partition coefficient (Wildman–Crippen LogP) is 5.66. The topological polar surface area (TPSA) is 87.0 Å². The maximum Gasteiger partial charge on any atom is 0.277 e. The van der Waals surface area contributed by atoms with Crippen LogP contribution in [0.1, 0.15) is 11.1 Å². The number of methoxy groups -OCH3 is 1. The number of benzene rings is 4. The van der Waals surface area contributed by atoms with E-state index in [1.54, 1.807) is 30.1 Å². The van der Waals surface area contributed by atoms with Crippen molar-refractivity contribution in [2.75, 3.05) is 13.7 Å². The minimum absolute atomic E-state index is 0.210. The molecule has 0 aliphatic rings. The van der Waals surface area contributed by atoms with Gasteiger partial charge in [-0.2, -0.15) is 10.2 Å². The lowest BCUT2D eigenvalue weighted by Crippen LogP contribution is -2.24. The van der Waals surface area contributed by atoms with Gasteiger partial charge < -0.3 is 14.2 Å². The van der Waals surface area contributed by atoms with Crippen molar-refractivity contribution in [3.8, 4) is 34.2 Å². The van der Waals surface area contributed by atoms with Crippen molar-refractivity contribution in [1.82, 2.24) is 15.2 Å². The van der Waals surface area contributed by atoms with Gasteiger partial charge in [-0.05, 0) is 54.1 Å². The van der Waals surface area contributed by atoms with Gasteiger partial charge in [0.05, 0.1) is 19.0 Å². The molecule has 1 aromatic heterocycles. The Morgan fingerprint density at radius 2 is 1.52 bits per heavy atom. The first kappa shape index (κ1) is 26.2. The molecule has 5 aromatic rings. The summed E-state index contributed by atoms with van der Waals surface area (Å²) in [5, 5.41) is 8.96. The Bertz CT molecular complexity index is 1570. The molecule has 0 atom stereocenters. The lowest BCUT2D eigenvalue weighted by Gasteiger charge is -2.09. The fraction of sp³-hybridized carbons (Fsp3) is 0.0938. The van der Waals surface area contributed by atoms with Gasteiger partial charge in [0, 0.05) is 17.3 Å². The van der Waals surface area contributed by atoms with Crippen LogP contribution in [0, 0.1) is 0 Å². The molecule has 0 bridgehead atoms. The molecule has 1 heterocycles. The number of rotatable bonds is 11. The van der Waals surface area contributed by atoms with Gasteiger partial charge in [0.2, 0.25) is 0 Å². The molecule has 0 aliphatic carbocycles. The van der Waals surface area contributed by atoms with Crippen molar-refractivity contribution in [3.05, 3.63) is 127 Å². The van der Waals surface area contributed by atoms with E-state index >= 15 is 0 Å². The Morgan fingerprint density at radius 1 is 0.850 bits per heavy atom. The summed E-state index contributed by atoms with van der Waals surface area (Å²) in [6.45, 7) is 0.277. The SMILES string of the molecule is COc1ccccc1OCC(=O)N/N=C\c1cn(-c2ccccc2)nc1-c1ccc(OCc2ccccc2)cc1. The van der Waals surface area contributed by atoms with Crippen LogP contribution in [0.25, 0.3) is 16.9 Å². The molecule has 200 valence electrons. The number of hydrazone groups is 1. The van der Waals surface area contributed by atoms with E-state index in [4.69, 9.17) is 19.3 Å². The maximum absolute atomic E-state index is 12.4. The monoisotopic (exact) mass is 532 g/mol. The zero-order valence-electron chi connectivity index (χ0n) is 21.9. The van der Waals surface area contributed by atoms with Crippen LogP contribution in [-0.2, 0) is 11.4 Å². The molecule has 40 heavy (non-hydrogen) atoms. The number of ether oxygens (including phenoxy) is 3. The molecule has 0 fully saturated rings. The van der Waals surface area contributed by atoms with E-state index in [1.807, 2.05) is 103 Å². The Hall–Kier alpha value is -5.37. The van der Waals surface area contributed by atoms with E-state index in [1.165, 1.54) is 0 Å². The minimum Gasteiger partial charge on any atom is -0.493 e. The van der Waals surface area contributed by atoms with E-state index in [0.29, 0.717) is 23.8 Å². The highest BCUT2D eigenvalue weighted by atomic mass is 16.5. The highest BCUT2D eigenvalue weighted by Crippen LogP contribution is 2.26. The zero-order valence-corrected chi connectivity index (χ0v) is 21.9. The van der Waals surface area contributed by atoms with Crippen LogP contribution in [0.4, 0.5) is 0 Å². The number of hydrogen-bond donors (Lipinski definition) is 1. The molecular weight excluding hydrogens is 504 g/mol. The minimum atomic E-state index is -0.404. The molecule has 0 saturated carbocycles. The zero-order chi connectivity index (χ0) is 27.6. The largest absolute Gasteiger partial charge is 0.493 e. The molecule has 0 radical (unpaired) electrons. The molecule has 1 amide bonds. The second-order valence-electron chi connectivity index (χ2n) is 8.74. The smallest absolute Gasteiger partial charge is 0.277 e. The summed E-state index contributed by atoms with van der Waals surface area (Å²) in [6, 6.07) is 34.7. The highest BCUT2D eigenvalue weighted by molar-refractivity contribution is 5.89. The van der Waals surface area contributed by atoms with Gasteiger partial charge in [-0.15, -0.1) is 0 Å². The molecular formula is C32H28N4O4. The van der Waals surface area contributed by atoms with Crippen LogP contribution in [-0.4, -0.2) is 35.6 Å². The summed E-state index contributed by atoms with van der Waals surface area (Å²) in [5.74, 6) is 1.38. The van der Waals surface area contributed by atoms with Gasteiger partial charge in [-0.1, -0.05) is 60.7 Å². The third-order valence-electron chi connectivity index (χ3n) is 5.96. The molecule has 1 N–H and O–H groups in total. The average Bonchev–Trinajstić information content (AvgIpc) is 3.44. The number of aromatic nitrogens is 2. The molecule has 4 aromatic carbocycles. The molecule has 0 saturated heterocycles. The van der Waals surface area contributed by atoms with Crippen molar-refractivity contribution < 1.29 is 19.0 Å². The lowest BCUT2D eigenvalue weighted by molar-refractivity contribution is -0.123. The third kappa shape index (κ3) is 6.73. The van der Waals surface area contributed by atoms with Crippen LogP contribution in [0.2, 0.25) is 0 Å². The fourth-order valence-electron chi connectivity index (χ4n) is 3.96. The van der Waals surface area contributed by atoms with Crippen molar-refractivity contribution in [1.29, 1.82) is 0 Å². The summed E-state index contributed by atoms with van der Waals surface area (Å²) in [7, 11) is 1.55. The highest BCUT2D eigenvalue weighted by Gasteiger charge is 2.12. The third-order valence-corrected chi connectivity index (χ3v) is 5.96. The van der Waals surface area contributed by atoms with Gasteiger partial charge in [0.15, 0.2) is 18.1 Å². The average molecular weight is 533 g/mol. The summed E-state index contributed by atoms with van der Waals surface area (Å²) >= 11 is 0. The lowest BCUT2D eigenvalue weighted by atomic mass is 10.1. The van der Waals surface area contributed by atoms with Crippen LogP contribution in [0.15, 0.2) is 120 Å². The van der Waals surface area contributed by atoms with E-state index in [0.717, 1.165) is 28.1 Å². The first-order chi connectivity index (χ1) is 19.7. The van der Waals surface area contributed by atoms with E-state index in [2.05, 4.69) is 10.5 Å². The van der Waals surface area contributed by atoms with Crippen LogP contribution < -0.4 is 19.6 Å².